The van der Waals surface area contributed by atoms with Crippen molar-refractivity contribution in [2.24, 2.45) is 0 Å². The summed E-state index contributed by atoms with van der Waals surface area (Å²) < 4.78 is 3.18. The van der Waals surface area contributed by atoms with Gasteiger partial charge in [0.1, 0.15) is 11.8 Å². The van der Waals surface area contributed by atoms with Gasteiger partial charge >= 0.3 is 0 Å². The molecule has 4 heterocycles. The van der Waals surface area contributed by atoms with E-state index in [9.17, 15) is 4.79 Å². The number of likely N-dealkylation sites (tertiary alicyclic amines) is 1. The van der Waals surface area contributed by atoms with Gasteiger partial charge in [0.05, 0.1) is 0 Å². The molecule has 29 heavy (non-hydrogen) atoms. The Hall–Kier alpha value is -3.19. The molecular weight excluding hydrogens is 382 g/mol. The maximum atomic E-state index is 12.0. The molecule has 6 nitrogen and oxygen atoms in total. The van der Waals surface area contributed by atoms with E-state index in [1.54, 1.807) is 11.3 Å². The average Bonchev–Trinajstić information content (AvgIpc) is 3.44. The van der Waals surface area contributed by atoms with E-state index in [-0.39, 0.29) is 11.8 Å². The molecule has 1 fully saturated rings. The van der Waals surface area contributed by atoms with Gasteiger partial charge in [-0.1, -0.05) is 24.8 Å². The zero-order valence-electron chi connectivity index (χ0n) is 16.1. The van der Waals surface area contributed by atoms with E-state index in [1.807, 2.05) is 9.42 Å². The van der Waals surface area contributed by atoms with E-state index in [1.165, 1.54) is 28.1 Å². The molecule has 0 spiro atoms. The summed E-state index contributed by atoms with van der Waals surface area (Å²) in [5.74, 6) is 0.640. The molecule has 5 rings (SSSR count). The molecule has 146 valence electrons. The predicted octanol–water partition coefficient (Wildman–Crippen LogP) is 4.00. The highest BCUT2D eigenvalue weighted by Crippen LogP contribution is 2.41. The van der Waals surface area contributed by atoms with Gasteiger partial charge in [0.25, 0.3) is 0 Å². The lowest BCUT2D eigenvalue weighted by molar-refractivity contribution is -0.125. The first kappa shape index (κ1) is 17.9. The van der Waals surface area contributed by atoms with Crippen molar-refractivity contribution in [2.75, 3.05) is 18.8 Å². The van der Waals surface area contributed by atoms with Crippen molar-refractivity contribution < 1.29 is 4.79 Å². The lowest BCUT2D eigenvalue weighted by Gasteiger charge is -2.14. The topological polar surface area (TPSA) is 76.5 Å². The van der Waals surface area contributed by atoms with Crippen molar-refractivity contribution in [3.63, 3.8) is 0 Å². The lowest BCUT2D eigenvalue weighted by atomic mass is 10.0. The zero-order chi connectivity index (χ0) is 20.1. The summed E-state index contributed by atoms with van der Waals surface area (Å²) in [6, 6.07) is 10.7. The number of aryl methyl sites for hydroxylation is 1. The van der Waals surface area contributed by atoms with Crippen molar-refractivity contribution >= 4 is 38.7 Å². The third kappa shape index (κ3) is 2.81. The van der Waals surface area contributed by atoms with E-state index in [2.05, 4.69) is 53.9 Å². The van der Waals surface area contributed by atoms with Gasteiger partial charge in [0.2, 0.25) is 5.91 Å². The van der Waals surface area contributed by atoms with Crippen molar-refractivity contribution in [1.29, 1.82) is 0 Å². The third-order valence-corrected chi connectivity index (χ3v) is 7.03. The van der Waals surface area contributed by atoms with Crippen molar-refractivity contribution in [2.45, 2.75) is 19.3 Å². The summed E-state index contributed by atoms with van der Waals surface area (Å²) in [6.45, 7) is 7.12. The highest BCUT2D eigenvalue weighted by Gasteiger charge is 2.30. The molecule has 1 atom stereocenters. The Morgan fingerprint density at radius 1 is 1.38 bits per heavy atom. The largest absolute Gasteiger partial charge is 0.382 e. The van der Waals surface area contributed by atoms with E-state index in [0.717, 1.165) is 34.6 Å². The average molecular weight is 404 g/mol. The molecule has 1 aliphatic heterocycles. The summed E-state index contributed by atoms with van der Waals surface area (Å²) in [7, 11) is 0. The third-order valence-electron chi connectivity index (χ3n) is 5.71. The number of rotatable bonds is 3. The van der Waals surface area contributed by atoms with Gasteiger partial charge in [0.15, 0.2) is 5.82 Å². The van der Waals surface area contributed by atoms with Crippen LogP contribution in [0.15, 0.2) is 49.3 Å². The molecular formula is C22H21N5OS. The van der Waals surface area contributed by atoms with Crippen molar-refractivity contribution in [1.82, 2.24) is 19.5 Å². The van der Waals surface area contributed by atoms with Gasteiger partial charge in [-0.3, -0.25) is 4.79 Å². The minimum Gasteiger partial charge on any atom is -0.382 e. The first-order chi connectivity index (χ1) is 14.1. The van der Waals surface area contributed by atoms with Crippen LogP contribution in [0.25, 0.3) is 26.0 Å². The molecule has 7 heteroatoms. The number of nitrogens with two attached hydrogens (primary N) is 1. The summed E-state index contributed by atoms with van der Waals surface area (Å²) in [5, 5.41) is 5.73. The number of fused-ring (bicyclic) bond motifs is 2. The number of thiophene rings is 1. The molecule has 0 unspecified atom stereocenters. The molecule has 1 saturated heterocycles. The number of anilines is 1. The number of nitrogen functional groups attached to an aromatic ring is 1. The molecule has 4 aromatic rings. The van der Waals surface area contributed by atoms with Crippen molar-refractivity contribution in [3.05, 3.63) is 60.6 Å². The van der Waals surface area contributed by atoms with Crippen LogP contribution in [-0.4, -0.2) is 38.5 Å². The molecule has 1 aliphatic rings. The Morgan fingerprint density at radius 2 is 2.24 bits per heavy atom. The Morgan fingerprint density at radius 3 is 3.03 bits per heavy atom. The second kappa shape index (κ2) is 6.70. The SMILES string of the molecule is C=CC(=O)N1CC[C@H](c2cc(-c3cc4cccc(C)c4s3)c3c(N)ncnn23)C1. The molecule has 1 amide bonds. The Labute approximate surface area is 172 Å². The van der Waals surface area contributed by atoms with E-state index in [4.69, 9.17) is 5.73 Å². The highest BCUT2D eigenvalue weighted by molar-refractivity contribution is 7.22. The first-order valence-electron chi connectivity index (χ1n) is 9.60. The second-order valence-corrected chi connectivity index (χ2v) is 8.52. The fourth-order valence-corrected chi connectivity index (χ4v) is 5.39. The summed E-state index contributed by atoms with van der Waals surface area (Å²) in [4.78, 5) is 19.2. The fraction of sp³-hybridized carbons (Fsp3) is 0.227. The Balaban J connectivity index is 1.66. The van der Waals surface area contributed by atoms with Gasteiger partial charge in [-0.2, -0.15) is 5.10 Å². The molecule has 0 bridgehead atoms. The molecule has 1 aromatic carbocycles. The van der Waals surface area contributed by atoms with Gasteiger partial charge in [-0.25, -0.2) is 9.50 Å². The van der Waals surface area contributed by atoms with Gasteiger partial charge in [-0.05, 0) is 42.5 Å². The highest BCUT2D eigenvalue weighted by atomic mass is 32.1. The number of carbonyl (C=O) groups excluding carboxylic acids is 1. The predicted molar refractivity (Wildman–Crippen MR) is 117 cm³/mol. The summed E-state index contributed by atoms with van der Waals surface area (Å²) in [5.41, 5.74) is 10.5. The van der Waals surface area contributed by atoms with Crippen LogP contribution in [0.1, 0.15) is 23.6 Å². The molecule has 0 saturated carbocycles. The smallest absolute Gasteiger partial charge is 0.245 e. The number of hydrogen-bond donors (Lipinski definition) is 1. The van der Waals surface area contributed by atoms with E-state index >= 15 is 0 Å². The second-order valence-electron chi connectivity index (χ2n) is 7.47. The number of aromatic nitrogens is 3. The fourth-order valence-electron chi connectivity index (χ4n) is 4.24. The van der Waals surface area contributed by atoms with Crippen molar-refractivity contribution in [3.8, 4) is 10.4 Å². The van der Waals surface area contributed by atoms with Crippen LogP contribution in [0.4, 0.5) is 5.82 Å². The number of amides is 1. The lowest BCUT2D eigenvalue weighted by Crippen LogP contribution is -2.26. The normalized spacial score (nSPS) is 16.7. The summed E-state index contributed by atoms with van der Waals surface area (Å²) >= 11 is 1.76. The first-order valence-corrected chi connectivity index (χ1v) is 10.4. The number of benzene rings is 1. The molecule has 0 aliphatic carbocycles. The van der Waals surface area contributed by atoms with Crippen LogP contribution >= 0.6 is 11.3 Å². The standard InChI is InChI=1S/C22H21N5OS/c1-3-19(28)26-8-7-15(11-26)17-10-16(20-22(23)24-12-25-27(17)20)18-9-14-6-4-5-13(2)21(14)29-18/h3-6,9-10,12,15H,1,7-8,11H2,2H3,(H2,23,24,25)/t15-/m0/s1. The van der Waals surface area contributed by atoms with Crippen LogP contribution in [0.3, 0.4) is 0 Å². The van der Waals surface area contributed by atoms with Crippen LogP contribution < -0.4 is 5.73 Å². The maximum Gasteiger partial charge on any atom is 0.245 e. The van der Waals surface area contributed by atoms with Crippen LogP contribution in [0, 0.1) is 6.92 Å². The Bertz CT molecular complexity index is 1270. The zero-order valence-corrected chi connectivity index (χ0v) is 16.9. The molecule has 3 aromatic heterocycles. The number of hydrogen-bond acceptors (Lipinski definition) is 5. The molecule has 0 radical (unpaired) electrons. The van der Waals surface area contributed by atoms with Crippen LogP contribution in [-0.2, 0) is 4.79 Å². The van der Waals surface area contributed by atoms with E-state index < -0.39 is 0 Å². The Kier molecular flexibility index (Phi) is 4.13. The van der Waals surface area contributed by atoms with Crippen LogP contribution in [0.5, 0.6) is 0 Å². The number of carbonyl (C=O) groups is 1. The minimum absolute atomic E-state index is 0.0253. The van der Waals surface area contributed by atoms with E-state index in [0.29, 0.717) is 12.4 Å². The summed E-state index contributed by atoms with van der Waals surface area (Å²) in [6.07, 6.45) is 3.76. The molecule has 2 N–H and O–H groups in total. The number of nitrogens with zero attached hydrogens (tertiary/aromatic N) is 4. The van der Waals surface area contributed by atoms with Crippen LogP contribution in [0.2, 0.25) is 0 Å². The van der Waals surface area contributed by atoms with Gasteiger partial charge in [-0.15, -0.1) is 11.3 Å². The monoisotopic (exact) mass is 403 g/mol. The maximum absolute atomic E-state index is 12.0. The quantitative estimate of drug-likeness (QED) is 0.525. The van der Waals surface area contributed by atoms with Gasteiger partial charge in [0, 0.05) is 39.8 Å². The van der Waals surface area contributed by atoms with Gasteiger partial charge < -0.3 is 10.6 Å². The minimum atomic E-state index is -0.0253.